The van der Waals surface area contributed by atoms with Gasteiger partial charge in [0.05, 0.1) is 21.6 Å². The van der Waals surface area contributed by atoms with Crippen molar-refractivity contribution in [3.8, 4) is 0 Å². The number of carbonyl (C=O) groups is 2. The number of rotatable bonds is 4. The van der Waals surface area contributed by atoms with E-state index in [0.717, 1.165) is 26.5 Å². The Kier molecular flexibility index (Phi) is 4.25. The molecule has 0 radical (unpaired) electrons. The van der Waals surface area contributed by atoms with Crippen LogP contribution in [0.4, 0.5) is 22.2 Å². The van der Waals surface area contributed by atoms with Gasteiger partial charge in [0.2, 0.25) is 5.13 Å². The number of imide groups is 1. The molecule has 27 heavy (non-hydrogen) atoms. The van der Waals surface area contributed by atoms with Crippen LogP contribution in [0.15, 0.2) is 64.8 Å². The highest BCUT2D eigenvalue weighted by Gasteiger charge is 2.25. The topological polar surface area (TPSA) is 78.2 Å². The predicted molar refractivity (Wildman–Crippen MR) is 106 cm³/mol. The van der Waals surface area contributed by atoms with Crippen LogP contribution in [0.5, 0.6) is 0 Å². The summed E-state index contributed by atoms with van der Waals surface area (Å²) in [5.74, 6) is -0.685. The number of carbonyl (C=O) groups excluding carboxylic acids is 2. The second kappa shape index (κ2) is 6.73. The number of amides is 2. The molecule has 0 aliphatic carbocycles. The lowest BCUT2D eigenvalue weighted by Gasteiger charge is -2.13. The monoisotopic (exact) mass is 377 g/mol. The Morgan fingerprint density at radius 2 is 1.67 bits per heavy atom. The maximum atomic E-state index is 11.8. The highest BCUT2D eigenvalue weighted by atomic mass is 32.1. The fourth-order valence-electron chi connectivity index (χ4n) is 2.66. The molecule has 134 valence electrons. The first-order chi connectivity index (χ1) is 13.0. The van der Waals surface area contributed by atoms with E-state index in [1.807, 2.05) is 43.3 Å². The number of thiazole rings is 1. The number of hydrogen-bond acceptors (Lipinski definition) is 7. The molecule has 0 spiro atoms. The molecule has 0 atom stereocenters. The molecular formula is C19H15N5O2S. The van der Waals surface area contributed by atoms with E-state index in [1.165, 1.54) is 23.5 Å². The molecule has 0 fully saturated rings. The Morgan fingerprint density at radius 1 is 0.963 bits per heavy atom. The van der Waals surface area contributed by atoms with E-state index in [-0.39, 0.29) is 11.8 Å². The lowest BCUT2D eigenvalue weighted by atomic mass is 10.2. The van der Waals surface area contributed by atoms with Crippen LogP contribution >= 0.6 is 11.3 Å². The first kappa shape index (κ1) is 17.0. The number of nitrogens with zero attached hydrogens (tertiary/aromatic N) is 5. The minimum atomic E-state index is -0.343. The maximum absolute atomic E-state index is 11.8. The molecule has 0 bridgehead atoms. The van der Waals surface area contributed by atoms with Crippen molar-refractivity contribution in [2.24, 2.45) is 10.2 Å². The third-order valence-corrected chi connectivity index (χ3v) is 4.95. The van der Waals surface area contributed by atoms with Gasteiger partial charge in [-0.3, -0.25) is 9.59 Å². The molecule has 3 aromatic rings. The van der Waals surface area contributed by atoms with Crippen LogP contribution in [0.1, 0.15) is 0 Å². The Balaban J connectivity index is 1.58. The fraction of sp³-hybridized carbons (Fsp3) is 0.105. The standard InChI is InChI=1S/C19H15N5O2S/c1-23(2)13-5-3-12(4-6-13)21-22-19-20-15-8-7-14(11-16(15)27-19)24-17(25)9-10-18(24)26/h3-11H,1-2H3. The number of azo groups is 1. The zero-order valence-corrected chi connectivity index (χ0v) is 15.5. The lowest BCUT2D eigenvalue weighted by Crippen LogP contribution is -2.29. The van der Waals surface area contributed by atoms with Gasteiger partial charge in [0.15, 0.2) is 0 Å². The molecule has 8 heteroatoms. The number of aromatic nitrogens is 1. The summed E-state index contributed by atoms with van der Waals surface area (Å²) >= 11 is 1.35. The summed E-state index contributed by atoms with van der Waals surface area (Å²) in [6.45, 7) is 0. The molecule has 7 nitrogen and oxygen atoms in total. The van der Waals surface area contributed by atoms with E-state index in [2.05, 4.69) is 15.2 Å². The number of anilines is 2. The first-order valence-electron chi connectivity index (χ1n) is 8.17. The first-order valence-corrected chi connectivity index (χ1v) is 8.99. The van der Waals surface area contributed by atoms with Gasteiger partial charge < -0.3 is 4.90 Å². The van der Waals surface area contributed by atoms with Crippen molar-refractivity contribution >= 4 is 55.6 Å². The predicted octanol–water partition coefficient (Wildman–Crippen LogP) is 4.21. The Morgan fingerprint density at radius 3 is 2.33 bits per heavy atom. The minimum absolute atomic E-state index is 0.343. The Bertz CT molecular complexity index is 1080. The van der Waals surface area contributed by atoms with Gasteiger partial charge in [0, 0.05) is 31.9 Å². The van der Waals surface area contributed by atoms with E-state index in [9.17, 15) is 9.59 Å². The van der Waals surface area contributed by atoms with Crippen LogP contribution in [-0.4, -0.2) is 30.9 Å². The molecule has 0 unspecified atom stereocenters. The molecule has 2 aromatic carbocycles. The summed E-state index contributed by atoms with van der Waals surface area (Å²) in [5, 5.41) is 8.94. The normalized spacial score (nSPS) is 14.1. The van der Waals surface area contributed by atoms with Gasteiger partial charge in [0.25, 0.3) is 11.8 Å². The molecule has 1 aliphatic heterocycles. The van der Waals surface area contributed by atoms with E-state index in [0.29, 0.717) is 10.8 Å². The van der Waals surface area contributed by atoms with Crippen molar-refractivity contribution in [2.45, 2.75) is 0 Å². The average molecular weight is 377 g/mol. The molecule has 0 saturated heterocycles. The van der Waals surface area contributed by atoms with E-state index in [1.54, 1.807) is 18.2 Å². The van der Waals surface area contributed by atoms with Gasteiger partial charge in [-0.15, -0.1) is 10.2 Å². The summed E-state index contributed by atoms with van der Waals surface area (Å²) in [6, 6.07) is 13.0. The van der Waals surface area contributed by atoms with Crippen LogP contribution in [0.25, 0.3) is 10.2 Å². The van der Waals surface area contributed by atoms with Gasteiger partial charge in [0.1, 0.15) is 0 Å². The Labute approximate surface area is 159 Å². The van der Waals surface area contributed by atoms with E-state index < -0.39 is 0 Å². The zero-order chi connectivity index (χ0) is 19.0. The highest BCUT2D eigenvalue weighted by molar-refractivity contribution is 7.22. The van der Waals surface area contributed by atoms with Crippen molar-refractivity contribution in [1.82, 2.24) is 4.98 Å². The molecule has 1 aliphatic rings. The summed E-state index contributed by atoms with van der Waals surface area (Å²) in [7, 11) is 3.95. The van der Waals surface area contributed by atoms with Crippen LogP contribution in [0.2, 0.25) is 0 Å². The van der Waals surface area contributed by atoms with Gasteiger partial charge in [-0.25, -0.2) is 9.88 Å². The molecule has 0 saturated carbocycles. The summed E-state index contributed by atoms with van der Waals surface area (Å²) < 4.78 is 0.830. The zero-order valence-electron chi connectivity index (χ0n) is 14.7. The average Bonchev–Trinajstić information content (AvgIpc) is 3.22. The molecule has 4 rings (SSSR count). The third-order valence-electron chi connectivity index (χ3n) is 4.05. The fourth-order valence-corrected chi connectivity index (χ4v) is 3.48. The number of benzene rings is 2. The Hall–Kier alpha value is -3.39. The smallest absolute Gasteiger partial charge is 0.258 e. The summed E-state index contributed by atoms with van der Waals surface area (Å²) in [5.41, 5.74) is 3.09. The largest absolute Gasteiger partial charge is 0.378 e. The SMILES string of the molecule is CN(C)c1ccc(N=Nc2nc3ccc(N4C(=O)C=CC4=O)cc3s2)cc1. The van der Waals surface area contributed by atoms with E-state index >= 15 is 0 Å². The van der Waals surface area contributed by atoms with Crippen molar-refractivity contribution in [1.29, 1.82) is 0 Å². The van der Waals surface area contributed by atoms with Crippen LogP contribution in [0.3, 0.4) is 0 Å². The van der Waals surface area contributed by atoms with Gasteiger partial charge in [-0.05, 0) is 42.5 Å². The second-order valence-corrected chi connectivity index (χ2v) is 7.11. The maximum Gasteiger partial charge on any atom is 0.258 e. The molecule has 0 N–H and O–H groups in total. The van der Waals surface area contributed by atoms with Gasteiger partial charge >= 0.3 is 0 Å². The van der Waals surface area contributed by atoms with E-state index in [4.69, 9.17) is 0 Å². The van der Waals surface area contributed by atoms with Crippen LogP contribution < -0.4 is 9.80 Å². The van der Waals surface area contributed by atoms with Crippen molar-refractivity contribution in [3.63, 3.8) is 0 Å². The quantitative estimate of drug-likeness (QED) is 0.504. The number of hydrogen-bond donors (Lipinski definition) is 0. The summed E-state index contributed by atoms with van der Waals surface area (Å²) in [6.07, 6.45) is 2.53. The summed E-state index contributed by atoms with van der Waals surface area (Å²) in [4.78, 5) is 31.2. The molecule has 1 aromatic heterocycles. The second-order valence-electron chi connectivity index (χ2n) is 6.10. The third kappa shape index (κ3) is 3.34. The molecule has 2 heterocycles. The molecule has 2 amide bonds. The lowest BCUT2D eigenvalue weighted by molar-refractivity contribution is -0.119. The van der Waals surface area contributed by atoms with Crippen LogP contribution in [0, 0.1) is 0 Å². The van der Waals surface area contributed by atoms with Crippen molar-refractivity contribution in [3.05, 3.63) is 54.6 Å². The highest BCUT2D eigenvalue weighted by Crippen LogP contribution is 2.33. The van der Waals surface area contributed by atoms with Gasteiger partial charge in [-0.2, -0.15) is 0 Å². The van der Waals surface area contributed by atoms with Gasteiger partial charge in [-0.1, -0.05) is 11.3 Å². The number of fused-ring (bicyclic) bond motifs is 1. The minimum Gasteiger partial charge on any atom is -0.378 e. The van der Waals surface area contributed by atoms with Crippen LogP contribution in [-0.2, 0) is 9.59 Å². The molecular weight excluding hydrogens is 362 g/mol. The van der Waals surface area contributed by atoms with Crippen molar-refractivity contribution in [2.75, 3.05) is 23.9 Å². The van der Waals surface area contributed by atoms with Crippen molar-refractivity contribution < 1.29 is 9.59 Å².